The van der Waals surface area contributed by atoms with Crippen molar-refractivity contribution in [2.24, 2.45) is 4.99 Å². The molecule has 1 aliphatic rings. The molecule has 0 aliphatic carbocycles. The molecule has 0 radical (unpaired) electrons. The van der Waals surface area contributed by atoms with Crippen LogP contribution in [0.1, 0.15) is 31.0 Å². The summed E-state index contributed by atoms with van der Waals surface area (Å²) in [6, 6.07) is 19.0. The highest BCUT2D eigenvalue weighted by atomic mass is 32.1. The minimum Gasteiger partial charge on any atom is -0.502 e. The lowest BCUT2D eigenvalue weighted by Gasteiger charge is -2.25. The van der Waals surface area contributed by atoms with Crippen LogP contribution in [0.4, 0.5) is 5.69 Å². The molecule has 210 valence electrons. The monoisotopic (exact) mass is 571 g/mol. The summed E-state index contributed by atoms with van der Waals surface area (Å²) in [6.07, 6.45) is 1.69. The summed E-state index contributed by atoms with van der Waals surface area (Å²) >= 11 is 1.21. The van der Waals surface area contributed by atoms with Crippen LogP contribution in [-0.4, -0.2) is 36.4 Å². The van der Waals surface area contributed by atoms with Crippen LogP contribution in [0.5, 0.6) is 23.0 Å². The molecule has 0 saturated carbocycles. The maximum Gasteiger partial charge on any atom is 0.271 e. The van der Waals surface area contributed by atoms with Crippen molar-refractivity contribution in [3.8, 4) is 23.0 Å². The Morgan fingerprint density at radius 2 is 1.73 bits per heavy atom. The predicted octanol–water partition coefficient (Wildman–Crippen LogP) is 4.00. The molecular formula is C31H29N3O6S. The minimum absolute atomic E-state index is 0.131. The van der Waals surface area contributed by atoms with E-state index in [2.05, 4.69) is 10.3 Å². The van der Waals surface area contributed by atoms with E-state index in [4.69, 9.17) is 14.2 Å². The predicted molar refractivity (Wildman–Crippen MR) is 158 cm³/mol. The first-order chi connectivity index (χ1) is 19.8. The highest BCUT2D eigenvalue weighted by Crippen LogP contribution is 2.37. The summed E-state index contributed by atoms with van der Waals surface area (Å²) in [4.78, 5) is 32.8. The highest BCUT2D eigenvalue weighted by Gasteiger charge is 2.32. The normalized spacial score (nSPS) is 14.7. The van der Waals surface area contributed by atoms with E-state index in [1.54, 1.807) is 41.8 Å². The van der Waals surface area contributed by atoms with Gasteiger partial charge in [-0.3, -0.25) is 14.2 Å². The van der Waals surface area contributed by atoms with Gasteiger partial charge in [-0.1, -0.05) is 41.7 Å². The fraction of sp³-hybridized carbons (Fsp3) is 0.194. The number of phenols is 1. The molecule has 41 heavy (non-hydrogen) atoms. The van der Waals surface area contributed by atoms with Crippen molar-refractivity contribution in [3.05, 3.63) is 109 Å². The molecule has 0 spiro atoms. The van der Waals surface area contributed by atoms with E-state index in [-0.39, 0.29) is 28.7 Å². The van der Waals surface area contributed by atoms with Gasteiger partial charge in [0, 0.05) is 5.69 Å². The molecule has 0 saturated heterocycles. The smallest absolute Gasteiger partial charge is 0.271 e. The molecule has 3 aromatic carbocycles. The quantitative estimate of drug-likeness (QED) is 0.331. The molecule has 5 rings (SSSR count). The van der Waals surface area contributed by atoms with Gasteiger partial charge in [-0.25, -0.2) is 4.99 Å². The first-order valence-electron chi connectivity index (χ1n) is 12.9. The van der Waals surface area contributed by atoms with Crippen LogP contribution in [0.15, 0.2) is 87.8 Å². The van der Waals surface area contributed by atoms with Crippen LogP contribution < -0.4 is 34.4 Å². The summed E-state index contributed by atoms with van der Waals surface area (Å²) in [7, 11) is 2.88. The topological polar surface area (TPSA) is 111 Å². The number of carbonyl (C=O) groups is 1. The fourth-order valence-electron chi connectivity index (χ4n) is 4.71. The van der Waals surface area contributed by atoms with E-state index in [0.717, 1.165) is 5.56 Å². The zero-order chi connectivity index (χ0) is 29.1. The number of nitrogens with one attached hydrogen (secondary N) is 1. The second-order valence-corrected chi connectivity index (χ2v) is 10.2. The third-order valence-corrected chi connectivity index (χ3v) is 7.59. The van der Waals surface area contributed by atoms with E-state index in [0.29, 0.717) is 44.2 Å². The number of aromatic hydroxyl groups is 1. The van der Waals surface area contributed by atoms with Gasteiger partial charge in [-0.15, -0.1) is 0 Å². The Morgan fingerprint density at radius 1 is 1.07 bits per heavy atom. The number of hydrogen-bond donors (Lipinski definition) is 2. The molecule has 9 nitrogen and oxygen atoms in total. The molecule has 1 aromatic heterocycles. The lowest BCUT2D eigenvalue weighted by atomic mass is 9.95. The molecule has 1 atom stereocenters. The number of rotatable bonds is 8. The number of benzene rings is 3. The number of carbonyl (C=O) groups excluding carboxylic acids is 1. The highest BCUT2D eigenvalue weighted by molar-refractivity contribution is 7.07. The fourth-order valence-corrected chi connectivity index (χ4v) is 5.76. The number of fused-ring (bicyclic) bond motifs is 1. The summed E-state index contributed by atoms with van der Waals surface area (Å²) < 4.78 is 18.1. The molecule has 0 fully saturated rings. The van der Waals surface area contributed by atoms with Crippen LogP contribution in [-0.2, 0) is 4.79 Å². The number of anilines is 1. The van der Waals surface area contributed by atoms with Crippen molar-refractivity contribution in [2.45, 2.75) is 19.9 Å². The van der Waals surface area contributed by atoms with Gasteiger partial charge in [0.25, 0.3) is 11.5 Å². The number of allylic oxidation sites excluding steroid dienone is 1. The van der Waals surface area contributed by atoms with Crippen molar-refractivity contribution >= 4 is 29.0 Å². The first-order valence-corrected chi connectivity index (χ1v) is 13.7. The number of amides is 1. The van der Waals surface area contributed by atoms with Crippen molar-refractivity contribution in [1.29, 1.82) is 0 Å². The Bertz CT molecular complexity index is 1780. The number of phenolic OH excluding ortho intramolecular Hbond substituents is 1. The number of ether oxygens (including phenoxy) is 3. The summed E-state index contributed by atoms with van der Waals surface area (Å²) in [5.41, 5.74) is 2.54. The van der Waals surface area contributed by atoms with Crippen LogP contribution in [0, 0.1) is 0 Å². The summed E-state index contributed by atoms with van der Waals surface area (Å²) in [5.74, 6) is 0.639. The Labute approximate surface area is 240 Å². The molecule has 4 aromatic rings. The Kier molecular flexibility index (Phi) is 7.93. The van der Waals surface area contributed by atoms with E-state index in [1.165, 1.54) is 25.6 Å². The van der Waals surface area contributed by atoms with E-state index < -0.39 is 6.04 Å². The average Bonchev–Trinajstić information content (AvgIpc) is 3.28. The second-order valence-electron chi connectivity index (χ2n) is 9.18. The number of nitrogens with zero attached hydrogens (tertiary/aromatic N) is 2. The number of hydrogen-bond acceptors (Lipinski definition) is 8. The van der Waals surface area contributed by atoms with Crippen molar-refractivity contribution in [3.63, 3.8) is 0 Å². The van der Waals surface area contributed by atoms with Gasteiger partial charge in [0.1, 0.15) is 5.75 Å². The largest absolute Gasteiger partial charge is 0.502 e. The van der Waals surface area contributed by atoms with Gasteiger partial charge in [-0.05, 0) is 67.4 Å². The summed E-state index contributed by atoms with van der Waals surface area (Å²) in [6.45, 7) is 4.20. The van der Waals surface area contributed by atoms with Gasteiger partial charge < -0.3 is 24.6 Å². The van der Waals surface area contributed by atoms with Gasteiger partial charge in [0.15, 0.2) is 16.3 Å². The lowest BCUT2D eigenvalue weighted by Crippen LogP contribution is -2.40. The molecular weight excluding hydrogens is 542 g/mol. The second kappa shape index (κ2) is 11.7. The van der Waals surface area contributed by atoms with Gasteiger partial charge in [0.2, 0.25) is 5.75 Å². The number of aromatic nitrogens is 1. The van der Waals surface area contributed by atoms with E-state index in [1.807, 2.05) is 49.4 Å². The van der Waals surface area contributed by atoms with Crippen LogP contribution in [0.25, 0.3) is 6.08 Å². The Morgan fingerprint density at radius 3 is 2.34 bits per heavy atom. The van der Waals surface area contributed by atoms with Crippen molar-refractivity contribution in [1.82, 2.24) is 4.57 Å². The van der Waals surface area contributed by atoms with Gasteiger partial charge in [0.05, 0.1) is 42.7 Å². The molecule has 0 bridgehead atoms. The zero-order valence-electron chi connectivity index (χ0n) is 23.0. The zero-order valence-corrected chi connectivity index (χ0v) is 23.8. The third-order valence-electron chi connectivity index (χ3n) is 6.60. The summed E-state index contributed by atoms with van der Waals surface area (Å²) in [5, 5.41) is 13.3. The number of para-hydroxylation sites is 1. The number of thiazole rings is 1. The molecule has 10 heteroatoms. The molecule has 1 amide bonds. The van der Waals surface area contributed by atoms with E-state index >= 15 is 0 Å². The Balaban J connectivity index is 1.67. The van der Waals surface area contributed by atoms with Crippen LogP contribution >= 0.6 is 11.3 Å². The van der Waals surface area contributed by atoms with E-state index in [9.17, 15) is 14.7 Å². The Hall–Kier alpha value is -4.83. The van der Waals surface area contributed by atoms with Crippen molar-refractivity contribution in [2.75, 3.05) is 26.1 Å². The van der Waals surface area contributed by atoms with Gasteiger partial charge in [-0.2, -0.15) is 0 Å². The van der Waals surface area contributed by atoms with Crippen LogP contribution in [0.2, 0.25) is 0 Å². The molecule has 2 heterocycles. The maximum absolute atomic E-state index is 14.0. The van der Waals surface area contributed by atoms with Crippen molar-refractivity contribution < 1.29 is 24.1 Å². The standard InChI is InChI=1S/C31H29N3O6S/c1-5-40-22-13-11-20(12-14-22)27-26(29(36)33-21-9-7-6-8-10-21)18(2)32-31-34(27)30(37)25(41-31)17-19-15-23(38-3)28(35)24(16-19)39-4/h6-17,27,35H,5H2,1-4H3,(H,33,36)/b25-17+. The maximum atomic E-state index is 14.0. The minimum atomic E-state index is -0.725. The molecule has 1 aliphatic heterocycles. The first kappa shape index (κ1) is 27.7. The van der Waals surface area contributed by atoms with Gasteiger partial charge >= 0.3 is 0 Å². The third kappa shape index (κ3) is 5.46. The SMILES string of the molecule is CCOc1ccc(C2C(C(=O)Nc3ccccc3)=C(C)N=c3s/c(=C/c4cc(OC)c(O)c(OC)c4)c(=O)n32)cc1. The average molecular weight is 572 g/mol. The molecule has 1 unspecified atom stereocenters. The lowest BCUT2D eigenvalue weighted by molar-refractivity contribution is -0.113. The number of methoxy groups -OCH3 is 2. The molecule has 2 N–H and O–H groups in total. The van der Waals surface area contributed by atoms with Crippen LogP contribution in [0.3, 0.4) is 0 Å².